The second kappa shape index (κ2) is 5.04. The lowest BCUT2D eigenvalue weighted by molar-refractivity contribution is 1.15. The molecule has 0 aromatic heterocycles. The molecule has 12 heavy (non-hydrogen) atoms. The maximum absolute atomic E-state index is 4.18. The zero-order chi connectivity index (χ0) is 8.81. The number of hydrogen-bond acceptors (Lipinski definition) is 1. The molecule has 0 N–H and O–H groups in total. The van der Waals surface area contributed by atoms with Crippen molar-refractivity contribution in [1.29, 1.82) is 0 Å². The summed E-state index contributed by atoms with van der Waals surface area (Å²) in [5.41, 5.74) is 2.69. The maximum Gasteiger partial charge on any atom is -0.00574 e. The van der Waals surface area contributed by atoms with Crippen LogP contribution >= 0.6 is 12.6 Å². The second-order valence-electron chi connectivity index (χ2n) is 2.78. The molecule has 0 aliphatic heterocycles. The topological polar surface area (TPSA) is 0 Å². The Morgan fingerprint density at radius 1 is 1.17 bits per heavy atom. The third kappa shape index (κ3) is 2.74. The van der Waals surface area contributed by atoms with Crippen molar-refractivity contribution in [2.24, 2.45) is 0 Å². The van der Waals surface area contributed by atoms with Crippen LogP contribution in [-0.2, 0) is 12.8 Å². The Balaban J connectivity index is 2.64. The highest BCUT2D eigenvalue weighted by Crippen LogP contribution is 2.06. The van der Waals surface area contributed by atoms with Crippen LogP contribution in [0.1, 0.15) is 11.1 Å². The number of hydrogen-bond donors (Lipinski definition) is 1. The molecular formula is C11H14S. The van der Waals surface area contributed by atoms with Gasteiger partial charge in [-0.05, 0) is 29.7 Å². The largest absolute Gasteiger partial charge is 0.179 e. The smallest absolute Gasteiger partial charge is 0.00574 e. The summed E-state index contributed by atoms with van der Waals surface area (Å²) in [6.07, 6.45) is 3.94. The quantitative estimate of drug-likeness (QED) is 0.532. The van der Waals surface area contributed by atoms with Crippen LogP contribution < -0.4 is 0 Å². The minimum atomic E-state index is 0.917. The lowest BCUT2D eigenvalue weighted by Gasteiger charge is -1.99. The highest BCUT2D eigenvalue weighted by molar-refractivity contribution is 7.80. The van der Waals surface area contributed by atoms with Crippen molar-refractivity contribution in [2.75, 3.05) is 5.75 Å². The number of benzene rings is 1. The van der Waals surface area contributed by atoms with Gasteiger partial charge in [-0.3, -0.25) is 0 Å². The van der Waals surface area contributed by atoms with Gasteiger partial charge in [-0.25, -0.2) is 0 Å². The molecule has 1 aromatic carbocycles. The standard InChI is InChI=1S/C11H14S/c1-2-3-10-4-6-11(7-5-10)8-9-12/h2,4-7,12H,1,3,8-9H2. The first-order chi connectivity index (χ1) is 5.86. The van der Waals surface area contributed by atoms with E-state index in [4.69, 9.17) is 0 Å². The van der Waals surface area contributed by atoms with Gasteiger partial charge in [0.25, 0.3) is 0 Å². The normalized spacial score (nSPS) is 9.75. The molecule has 0 nitrogen and oxygen atoms in total. The second-order valence-corrected chi connectivity index (χ2v) is 3.23. The molecule has 0 heterocycles. The van der Waals surface area contributed by atoms with E-state index in [0.29, 0.717) is 0 Å². The summed E-state index contributed by atoms with van der Waals surface area (Å²) in [6.45, 7) is 3.70. The van der Waals surface area contributed by atoms with E-state index >= 15 is 0 Å². The van der Waals surface area contributed by atoms with Crippen LogP contribution in [0.5, 0.6) is 0 Å². The van der Waals surface area contributed by atoms with Crippen molar-refractivity contribution >= 4 is 12.6 Å². The predicted octanol–water partition coefficient (Wildman–Crippen LogP) is 2.89. The molecule has 0 unspecified atom stereocenters. The highest BCUT2D eigenvalue weighted by Gasteiger charge is 1.91. The van der Waals surface area contributed by atoms with Gasteiger partial charge in [0.15, 0.2) is 0 Å². The van der Waals surface area contributed by atoms with E-state index in [0.717, 1.165) is 18.6 Å². The van der Waals surface area contributed by atoms with Crippen LogP contribution in [-0.4, -0.2) is 5.75 Å². The maximum atomic E-state index is 4.18. The van der Waals surface area contributed by atoms with Gasteiger partial charge in [-0.1, -0.05) is 30.3 Å². The molecular weight excluding hydrogens is 164 g/mol. The van der Waals surface area contributed by atoms with Gasteiger partial charge in [0.1, 0.15) is 0 Å². The third-order valence-electron chi connectivity index (χ3n) is 1.80. The number of thiol groups is 1. The Labute approximate surface area is 79.7 Å². The van der Waals surface area contributed by atoms with Gasteiger partial charge < -0.3 is 0 Å². The van der Waals surface area contributed by atoms with Crippen LogP contribution in [0.25, 0.3) is 0 Å². The van der Waals surface area contributed by atoms with E-state index in [9.17, 15) is 0 Å². The summed E-state index contributed by atoms with van der Waals surface area (Å²) in [4.78, 5) is 0. The molecule has 0 spiro atoms. The average molecular weight is 178 g/mol. The van der Waals surface area contributed by atoms with E-state index in [1.165, 1.54) is 11.1 Å². The SMILES string of the molecule is C=CCc1ccc(CCS)cc1. The Kier molecular flexibility index (Phi) is 3.95. The van der Waals surface area contributed by atoms with Crippen LogP contribution in [0.3, 0.4) is 0 Å². The van der Waals surface area contributed by atoms with Gasteiger partial charge in [0.05, 0.1) is 0 Å². The summed E-state index contributed by atoms with van der Waals surface area (Å²) >= 11 is 4.18. The minimum absolute atomic E-state index is 0.917. The summed E-state index contributed by atoms with van der Waals surface area (Å²) in [7, 11) is 0. The number of aryl methyl sites for hydroxylation is 1. The Morgan fingerprint density at radius 3 is 2.25 bits per heavy atom. The van der Waals surface area contributed by atoms with Crippen molar-refractivity contribution in [1.82, 2.24) is 0 Å². The molecule has 64 valence electrons. The predicted molar refractivity (Wildman–Crippen MR) is 57.9 cm³/mol. The Hall–Kier alpha value is -0.690. The first-order valence-corrected chi connectivity index (χ1v) is 4.79. The molecule has 0 amide bonds. The first-order valence-electron chi connectivity index (χ1n) is 4.16. The number of rotatable bonds is 4. The van der Waals surface area contributed by atoms with E-state index < -0.39 is 0 Å². The zero-order valence-corrected chi connectivity index (χ0v) is 8.06. The summed E-state index contributed by atoms with van der Waals surface area (Å²) < 4.78 is 0. The van der Waals surface area contributed by atoms with Crippen molar-refractivity contribution < 1.29 is 0 Å². The summed E-state index contributed by atoms with van der Waals surface area (Å²) in [6, 6.07) is 8.63. The Bertz CT molecular complexity index is 236. The van der Waals surface area contributed by atoms with E-state index in [1.54, 1.807) is 0 Å². The zero-order valence-electron chi connectivity index (χ0n) is 7.16. The highest BCUT2D eigenvalue weighted by atomic mass is 32.1. The fourth-order valence-corrected chi connectivity index (χ4v) is 1.40. The minimum Gasteiger partial charge on any atom is -0.179 e. The van der Waals surface area contributed by atoms with Crippen molar-refractivity contribution in [3.8, 4) is 0 Å². The molecule has 0 bridgehead atoms. The van der Waals surface area contributed by atoms with Gasteiger partial charge in [-0.15, -0.1) is 6.58 Å². The molecule has 1 rings (SSSR count). The molecule has 0 saturated heterocycles. The molecule has 0 aliphatic carbocycles. The molecule has 1 aromatic rings. The van der Waals surface area contributed by atoms with Gasteiger partial charge >= 0.3 is 0 Å². The van der Waals surface area contributed by atoms with E-state index in [-0.39, 0.29) is 0 Å². The molecule has 0 aliphatic rings. The van der Waals surface area contributed by atoms with Crippen LogP contribution in [0, 0.1) is 0 Å². The molecule has 0 radical (unpaired) electrons. The molecule has 0 saturated carbocycles. The van der Waals surface area contributed by atoms with Crippen LogP contribution in [0.4, 0.5) is 0 Å². The fraction of sp³-hybridized carbons (Fsp3) is 0.273. The Morgan fingerprint density at radius 2 is 1.75 bits per heavy atom. The van der Waals surface area contributed by atoms with Gasteiger partial charge in [-0.2, -0.15) is 12.6 Å². The molecule has 0 atom stereocenters. The molecule has 1 heteroatoms. The van der Waals surface area contributed by atoms with E-state index in [1.807, 2.05) is 6.08 Å². The first kappa shape index (κ1) is 9.40. The van der Waals surface area contributed by atoms with Crippen molar-refractivity contribution in [2.45, 2.75) is 12.8 Å². The lowest BCUT2D eigenvalue weighted by Crippen LogP contribution is -1.87. The number of allylic oxidation sites excluding steroid dienone is 1. The fourth-order valence-electron chi connectivity index (χ4n) is 1.14. The van der Waals surface area contributed by atoms with Gasteiger partial charge in [0, 0.05) is 0 Å². The average Bonchev–Trinajstić information content (AvgIpc) is 2.09. The van der Waals surface area contributed by atoms with Crippen LogP contribution in [0.15, 0.2) is 36.9 Å². The van der Waals surface area contributed by atoms with E-state index in [2.05, 4.69) is 43.5 Å². The monoisotopic (exact) mass is 178 g/mol. The van der Waals surface area contributed by atoms with Crippen LogP contribution in [0.2, 0.25) is 0 Å². The lowest BCUT2D eigenvalue weighted by atomic mass is 10.1. The van der Waals surface area contributed by atoms with Crippen molar-refractivity contribution in [3.63, 3.8) is 0 Å². The summed E-state index contributed by atoms with van der Waals surface area (Å²) in [5, 5.41) is 0. The molecule has 0 fully saturated rings. The van der Waals surface area contributed by atoms with Crippen molar-refractivity contribution in [3.05, 3.63) is 48.0 Å². The van der Waals surface area contributed by atoms with Gasteiger partial charge in [0.2, 0.25) is 0 Å². The third-order valence-corrected chi connectivity index (χ3v) is 2.03. The summed E-state index contributed by atoms with van der Waals surface area (Å²) in [5.74, 6) is 0.917.